The van der Waals surface area contributed by atoms with Gasteiger partial charge in [-0.2, -0.15) is 0 Å². The summed E-state index contributed by atoms with van der Waals surface area (Å²) < 4.78 is 18.9. The second kappa shape index (κ2) is 7.66. The summed E-state index contributed by atoms with van der Waals surface area (Å²) >= 11 is 0. The highest BCUT2D eigenvalue weighted by molar-refractivity contribution is 5.88. The van der Waals surface area contributed by atoms with Crippen molar-refractivity contribution in [2.45, 2.75) is 6.42 Å². The first kappa shape index (κ1) is 16.7. The molecule has 1 aliphatic rings. The van der Waals surface area contributed by atoms with Crippen molar-refractivity contribution in [2.24, 2.45) is 0 Å². The molecule has 1 saturated heterocycles. The molecule has 5 nitrogen and oxygen atoms in total. The number of anilines is 2. The van der Waals surface area contributed by atoms with Gasteiger partial charge in [-0.1, -0.05) is 12.1 Å². The monoisotopic (exact) mass is 352 g/mol. The quantitative estimate of drug-likeness (QED) is 0.764. The van der Waals surface area contributed by atoms with E-state index in [1.165, 1.54) is 29.7 Å². The Balaban J connectivity index is 1.38. The summed E-state index contributed by atoms with van der Waals surface area (Å²) in [5.74, 6) is 0.383. The van der Waals surface area contributed by atoms with Crippen molar-refractivity contribution in [3.8, 4) is 0 Å². The largest absolute Gasteiger partial charge is 0.378 e. The van der Waals surface area contributed by atoms with E-state index in [-0.39, 0.29) is 5.82 Å². The molecule has 1 N–H and O–H groups in total. The van der Waals surface area contributed by atoms with Crippen LogP contribution in [0.2, 0.25) is 0 Å². The predicted octanol–water partition coefficient (Wildman–Crippen LogP) is 3.26. The molecule has 0 aliphatic carbocycles. The standard InChI is InChI=1S/C20H21FN4O/c21-16-3-6-19-18(13-16)20(24-14-23-19)22-8-7-15-1-4-17(5-2-15)25-9-11-26-12-10-25/h1-6,13-14H,7-12H2,(H,22,23,24). The van der Waals surface area contributed by atoms with Crippen LogP contribution >= 0.6 is 0 Å². The van der Waals surface area contributed by atoms with Crippen LogP contribution in [-0.2, 0) is 11.2 Å². The van der Waals surface area contributed by atoms with Gasteiger partial charge in [0.1, 0.15) is 18.0 Å². The smallest absolute Gasteiger partial charge is 0.137 e. The summed E-state index contributed by atoms with van der Waals surface area (Å²) in [4.78, 5) is 10.8. The Bertz CT molecular complexity index is 879. The summed E-state index contributed by atoms with van der Waals surface area (Å²) in [6.07, 6.45) is 2.36. The minimum atomic E-state index is -0.283. The molecule has 6 heteroatoms. The molecule has 0 spiro atoms. The lowest BCUT2D eigenvalue weighted by molar-refractivity contribution is 0.122. The summed E-state index contributed by atoms with van der Waals surface area (Å²) in [5.41, 5.74) is 3.22. The molecule has 3 aromatic rings. The number of benzene rings is 2. The molecule has 0 atom stereocenters. The fourth-order valence-electron chi connectivity index (χ4n) is 3.19. The maximum Gasteiger partial charge on any atom is 0.137 e. The SMILES string of the molecule is Fc1ccc2ncnc(NCCc3ccc(N4CCOCC4)cc3)c2c1. The van der Waals surface area contributed by atoms with Crippen molar-refractivity contribution in [2.75, 3.05) is 43.1 Å². The molecule has 0 amide bonds. The third kappa shape index (κ3) is 3.75. The van der Waals surface area contributed by atoms with Crippen LogP contribution in [0.5, 0.6) is 0 Å². The lowest BCUT2D eigenvalue weighted by atomic mass is 10.1. The normalized spacial score (nSPS) is 14.6. The van der Waals surface area contributed by atoms with Crippen LogP contribution in [0.25, 0.3) is 10.9 Å². The summed E-state index contributed by atoms with van der Waals surface area (Å²) in [5, 5.41) is 4.00. The average molecular weight is 352 g/mol. The first-order valence-corrected chi connectivity index (χ1v) is 8.85. The Labute approximate surface area is 151 Å². The van der Waals surface area contributed by atoms with Crippen LogP contribution in [0.4, 0.5) is 15.9 Å². The van der Waals surface area contributed by atoms with Crippen molar-refractivity contribution in [1.29, 1.82) is 0 Å². The highest BCUT2D eigenvalue weighted by Crippen LogP contribution is 2.20. The molecule has 0 radical (unpaired) electrons. The van der Waals surface area contributed by atoms with Crippen LogP contribution in [0.15, 0.2) is 48.8 Å². The lowest BCUT2D eigenvalue weighted by Gasteiger charge is -2.28. The fraction of sp³-hybridized carbons (Fsp3) is 0.300. The molecule has 4 rings (SSSR count). The van der Waals surface area contributed by atoms with E-state index in [9.17, 15) is 4.39 Å². The zero-order valence-electron chi connectivity index (χ0n) is 14.5. The van der Waals surface area contributed by atoms with Crippen LogP contribution < -0.4 is 10.2 Å². The van der Waals surface area contributed by atoms with Crippen molar-refractivity contribution in [1.82, 2.24) is 9.97 Å². The fourth-order valence-corrected chi connectivity index (χ4v) is 3.19. The Morgan fingerprint density at radius 1 is 1.04 bits per heavy atom. The number of halogens is 1. The highest BCUT2D eigenvalue weighted by Gasteiger charge is 2.10. The molecule has 134 valence electrons. The average Bonchev–Trinajstić information content (AvgIpc) is 2.69. The third-order valence-corrected chi connectivity index (χ3v) is 4.62. The van der Waals surface area contributed by atoms with Gasteiger partial charge in [0, 0.05) is 30.7 Å². The topological polar surface area (TPSA) is 50.3 Å². The van der Waals surface area contributed by atoms with Crippen LogP contribution in [-0.4, -0.2) is 42.8 Å². The molecule has 0 bridgehead atoms. The second-order valence-electron chi connectivity index (χ2n) is 6.33. The van der Waals surface area contributed by atoms with E-state index in [4.69, 9.17) is 4.74 Å². The molecule has 0 unspecified atom stereocenters. The molecule has 1 fully saturated rings. The maximum atomic E-state index is 13.5. The van der Waals surface area contributed by atoms with E-state index in [0.717, 1.165) is 44.8 Å². The van der Waals surface area contributed by atoms with Gasteiger partial charge in [-0.05, 0) is 42.3 Å². The van der Waals surface area contributed by atoms with E-state index >= 15 is 0 Å². The third-order valence-electron chi connectivity index (χ3n) is 4.62. The van der Waals surface area contributed by atoms with Gasteiger partial charge in [0.2, 0.25) is 0 Å². The van der Waals surface area contributed by atoms with E-state index < -0.39 is 0 Å². The van der Waals surface area contributed by atoms with Gasteiger partial charge in [-0.15, -0.1) is 0 Å². The van der Waals surface area contributed by atoms with Crippen LogP contribution in [0, 0.1) is 5.82 Å². The molecule has 2 aromatic carbocycles. The number of hydrogen-bond donors (Lipinski definition) is 1. The molecule has 1 aliphatic heterocycles. The van der Waals surface area contributed by atoms with Gasteiger partial charge in [-0.3, -0.25) is 0 Å². The molecule has 1 aromatic heterocycles. The molecule has 26 heavy (non-hydrogen) atoms. The van der Waals surface area contributed by atoms with Crippen LogP contribution in [0.3, 0.4) is 0 Å². The Kier molecular flexibility index (Phi) is 4.93. The van der Waals surface area contributed by atoms with Crippen molar-refractivity contribution in [3.05, 3.63) is 60.2 Å². The predicted molar refractivity (Wildman–Crippen MR) is 101 cm³/mol. The molecule has 2 heterocycles. The minimum absolute atomic E-state index is 0.283. The number of rotatable bonds is 5. The zero-order chi connectivity index (χ0) is 17.8. The van der Waals surface area contributed by atoms with Crippen molar-refractivity contribution in [3.63, 3.8) is 0 Å². The van der Waals surface area contributed by atoms with Gasteiger partial charge in [0.15, 0.2) is 0 Å². The summed E-state index contributed by atoms with van der Waals surface area (Å²) in [6, 6.07) is 13.2. The molecular weight excluding hydrogens is 331 g/mol. The minimum Gasteiger partial charge on any atom is -0.378 e. The Morgan fingerprint density at radius 3 is 2.65 bits per heavy atom. The lowest BCUT2D eigenvalue weighted by Crippen LogP contribution is -2.36. The maximum absolute atomic E-state index is 13.5. The second-order valence-corrected chi connectivity index (χ2v) is 6.33. The van der Waals surface area contributed by atoms with E-state index in [1.807, 2.05) is 0 Å². The Hall–Kier alpha value is -2.73. The summed E-state index contributed by atoms with van der Waals surface area (Å²) in [7, 11) is 0. The first-order chi connectivity index (χ1) is 12.8. The van der Waals surface area contributed by atoms with E-state index in [2.05, 4.69) is 44.5 Å². The summed E-state index contributed by atoms with van der Waals surface area (Å²) in [6.45, 7) is 4.19. The van der Waals surface area contributed by atoms with Gasteiger partial charge >= 0.3 is 0 Å². The number of fused-ring (bicyclic) bond motifs is 1. The zero-order valence-corrected chi connectivity index (χ0v) is 14.5. The first-order valence-electron chi connectivity index (χ1n) is 8.85. The van der Waals surface area contributed by atoms with Crippen LogP contribution in [0.1, 0.15) is 5.56 Å². The van der Waals surface area contributed by atoms with Gasteiger partial charge in [-0.25, -0.2) is 14.4 Å². The van der Waals surface area contributed by atoms with E-state index in [0.29, 0.717) is 11.2 Å². The number of nitrogens with one attached hydrogen (secondary N) is 1. The van der Waals surface area contributed by atoms with Crippen molar-refractivity contribution >= 4 is 22.4 Å². The van der Waals surface area contributed by atoms with Gasteiger partial charge in [0.05, 0.1) is 18.7 Å². The number of aromatic nitrogens is 2. The molecular formula is C20H21FN4O. The van der Waals surface area contributed by atoms with Gasteiger partial charge in [0.25, 0.3) is 0 Å². The number of nitrogens with zero attached hydrogens (tertiary/aromatic N) is 3. The number of morpholine rings is 1. The van der Waals surface area contributed by atoms with E-state index in [1.54, 1.807) is 6.07 Å². The highest BCUT2D eigenvalue weighted by atomic mass is 19.1. The Morgan fingerprint density at radius 2 is 1.85 bits per heavy atom. The van der Waals surface area contributed by atoms with Gasteiger partial charge < -0.3 is 15.0 Å². The number of ether oxygens (including phenoxy) is 1. The van der Waals surface area contributed by atoms with Crippen molar-refractivity contribution < 1.29 is 9.13 Å². The molecule has 0 saturated carbocycles. The number of hydrogen-bond acceptors (Lipinski definition) is 5.